The van der Waals surface area contributed by atoms with Crippen LogP contribution in [0.25, 0.3) is 10.2 Å². The number of benzene rings is 2. The van der Waals surface area contributed by atoms with Crippen LogP contribution < -0.4 is 0 Å². The predicted octanol–water partition coefficient (Wildman–Crippen LogP) is 4.37. The summed E-state index contributed by atoms with van der Waals surface area (Å²) < 4.78 is 1.67. The van der Waals surface area contributed by atoms with E-state index >= 15 is 0 Å². The van der Waals surface area contributed by atoms with E-state index in [1.54, 1.807) is 30.0 Å². The molecule has 0 radical (unpaired) electrons. The lowest BCUT2D eigenvalue weighted by molar-refractivity contribution is -0.384. The molecule has 0 saturated heterocycles. The highest BCUT2D eigenvalue weighted by molar-refractivity contribution is 8.00. The van der Waals surface area contributed by atoms with Gasteiger partial charge in [0.1, 0.15) is 0 Å². The van der Waals surface area contributed by atoms with Gasteiger partial charge in [0.2, 0.25) is 0 Å². The van der Waals surface area contributed by atoms with Crippen LogP contribution in [-0.2, 0) is 5.75 Å². The summed E-state index contributed by atoms with van der Waals surface area (Å²) in [5, 5.41) is 19.7. The molecule has 0 spiro atoms. The molecule has 0 N–H and O–H groups in total. The van der Waals surface area contributed by atoms with Crippen LogP contribution in [0.4, 0.5) is 5.69 Å². The summed E-state index contributed by atoms with van der Waals surface area (Å²) in [6.45, 7) is 0. The fraction of sp³-hybridized carbons (Fsp3) is 0.0667. The van der Waals surface area contributed by atoms with Crippen molar-refractivity contribution in [2.24, 2.45) is 0 Å². The van der Waals surface area contributed by atoms with Crippen molar-refractivity contribution in [3.05, 3.63) is 63.7 Å². The molecule has 5 nitrogen and oxygen atoms in total. The molecule has 0 aliphatic carbocycles. The zero-order valence-corrected chi connectivity index (χ0v) is 12.9. The molecule has 2 aromatic carbocycles. The molecule has 108 valence electrons. The number of nitro groups is 1. The molecular formula is C15H9N3O2S2. The minimum Gasteiger partial charge on any atom is -0.258 e. The van der Waals surface area contributed by atoms with Crippen molar-refractivity contribution in [1.29, 1.82) is 5.26 Å². The summed E-state index contributed by atoms with van der Waals surface area (Å²) >= 11 is 3.00. The number of hydrogen-bond donors (Lipinski definition) is 0. The number of nitriles is 1. The van der Waals surface area contributed by atoms with Gasteiger partial charge in [-0.3, -0.25) is 10.1 Å². The largest absolute Gasteiger partial charge is 0.270 e. The van der Waals surface area contributed by atoms with E-state index in [-0.39, 0.29) is 5.69 Å². The van der Waals surface area contributed by atoms with Crippen molar-refractivity contribution < 1.29 is 4.92 Å². The Balaban J connectivity index is 1.79. The van der Waals surface area contributed by atoms with E-state index < -0.39 is 4.92 Å². The SMILES string of the molecule is N#Cc1cccc(CSc2nc3ccc([N+](=O)[O-])cc3s2)c1. The maximum Gasteiger partial charge on any atom is 0.270 e. The van der Waals surface area contributed by atoms with Gasteiger partial charge < -0.3 is 0 Å². The van der Waals surface area contributed by atoms with Crippen LogP contribution in [0.1, 0.15) is 11.1 Å². The molecule has 0 bridgehead atoms. The van der Waals surface area contributed by atoms with Gasteiger partial charge in [-0.25, -0.2) is 4.98 Å². The van der Waals surface area contributed by atoms with Gasteiger partial charge in [-0.1, -0.05) is 23.9 Å². The third-order valence-electron chi connectivity index (χ3n) is 2.98. The number of thiazole rings is 1. The smallest absolute Gasteiger partial charge is 0.258 e. The fourth-order valence-corrected chi connectivity index (χ4v) is 3.99. The Labute approximate surface area is 134 Å². The van der Waals surface area contributed by atoms with Crippen LogP contribution in [0.15, 0.2) is 46.8 Å². The van der Waals surface area contributed by atoms with Gasteiger partial charge >= 0.3 is 0 Å². The predicted molar refractivity (Wildman–Crippen MR) is 87.0 cm³/mol. The summed E-state index contributed by atoms with van der Waals surface area (Å²) in [6.07, 6.45) is 0. The molecule has 7 heteroatoms. The van der Waals surface area contributed by atoms with Crippen LogP contribution in [0.5, 0.6) is 0 Å². The molecule has 22 heavy (non-hydrogen) atoms. The number of aromatic nitrogens is 1. The average Bonchev–Trinajstić information content (AvgIpc) is 2.95. The summed E-state index contributed by atoms with van der Waals surface area (Å²) in [5.74, 6) is 0.706. The maximum absolute atomic E-state index is 10.8. The third-order valence-corrected chi connectivity index (χ3v) is 5.21. The molecular weight excluding hydrogens is 318 g/mol. The van der Waals surface area contributed by atoms with Gasteiger partial charge in [0, 0.05) is 17.9 Å². The number of hydrogen-bond acceptors (Lipinski definition) is 6. The summed E-state index contributed by atoms with van der Waals surface area (Å²) in [7, 11) is 0. The molecule has 0 fully saturated rings. The van der Waals surface area contributed by atoms with Crippen molar-refractivity contribution in [1.82, 2.24) is 4.98 Å². The zero-order chi connectivity index (χ0) is 15.5. The molecule has 1 aromatic heterocycles. The standard InChI is InChI=1S/C15H9N3O2S2/c16-8-10-2-1-3-11(6-10)9-21-15-17-13-5-4-12(18(19)20)7-14(13)22-15/h1-7H,9H2. The highest BCUT2D eigenvalue weighted by atomic mass is 32.2. The molecule has 0 atom stereocenters. The second kappa shape index (κ2) is 6.13. The van der Waals surface area contributed by atoms with Gasteiger partial charge in [0.05, 0.1) is 26.8 Å². The van der Waals surface area contributed by atoms with E-state index in [2.05, 4.69) is 11.1 Å². The molecule has 3 rings (SSSR count). The van der Waals surface area contributed by atoms with Gasteiger partial charge in [-0.2, -0.15) is 5.26 Å². The van der Waals surface area contributed by atoms with E-state index in [1.807, 2.05) is 18.2 Å². The van der Waals surface area contributed by atoms with Crippen LogP contribution in [-0.4, -0.2) is 9.91 Å². The lowest BCUT2D eigenvalue weighted by Crippen LogP contribution is -1.85. The molecule has 3 aromatic rings. The van der Waals surface area contributed by atoms with Crippen LogP contribution in [0.2, 0.25) is 0 Å². The Kier molecular flexibility index (Phi) is 4.04. The minimum atomic E-state index is -0.403. The molecule has 0 aliphatic rings. The van der Waals surface area contributed by atoms with Crippen molar-refractivity contribution in [2.75, 3.05) is 0 Å². The number of non-ortho nitro benzene ring substituents is 1. The Morgan fingerprint density at radius 1 is 1.32 bits per heavy atom. The zero-order valence-electron chi connectivity index (χ0n) is 11.2. The Bertz CT molecular complexity index is 899. The highest BCUT2D eigenvalue weighted by Gasteiger charge is 2.10. The molecule has 1 heterocycles. The van der Waals surface area contributed by atoms with Crippen molar-refractivity contribution >= 4 is 39.0 Å². The first kappa shape index (κ1) is 14.5. The van der Waals surface area contributed by atoms with Gasteiger partial charge in [0.15, 0.2) is 4.34 Å². The Morgan fingerprint density at radius 2 is 2.18 bits per heavy atom. The van der Waals surface area contributed by atoms with Gasteiger partial charge in [0.25, 0.3) is 5.69 Å². The first-order valence-electron chi connectivity index (χ1n) is 6.32. The maximum atomic E-state index is 10.8. The molecule has 0 saturated carbocycles. The lowest BCUT2D eigenvalue weighted by atomic mass is 10.2. The fourth-order valence-electron chi connectivity index (χ4n) is 1.94. The van der Waals surface area contributed by atoms with Crippen molar-refractivity contribution in [3.63, 3.8) is 0 Å². The Morgan fingerprint density at radius 3 is 2.95 bits per heavy atom. The first-order valence-corrected chi connectivity index (χ1v) is 8.13. The lowest BCUT2D eigenvalue weighted by Gasteiger charge is -1.98. The third kappa shape index (κ3) is 3.08. The highest BCUT2D eigenvalue weighted by Crippen LogP contribution is 2.33. The summed E-state index contributed by atoms with van der Waals surface area (Å²) in [6, 6.07) is 14.2. The van der Waals surface area contributed by atoms with E-state index in [0.29, 0.717) is 11.3 Å². The number of fused-ring (bicyclic) bond motifs is 1. The molecule has 0 amide bonds. The number of nitrogens with zero attached hydrogens (tertiary/aromatic N) is 3. The summed E-state index contributed by atoms with van der Waals surface area (Å²) in [5.41, 5.74) is 2.53. The second-order valence-electron chi connectivity index (χ2n) is 4.49. The number of rotatable bonds is 4. The number of thioether (sulfide) groups is 1. The Hall–Kier alpha value is -2.43. The second-order valence-corrected chi connectivity index (χ2v) is 6.74. The number of nitro benzene ring substituents is 1. The van der Waals surface area contributed by atoms with Gasteiger partial charge in [-0.05, 0) is 23.8 Å². The van der Waals surface area contributed by atoms with Crippen molar-refractivity contribution in [3.8, 4) is 6.07 Å². The van der Waals surface area contributed by atoms with E-state index in [9.17, 15) is 10.1 Å². The van der Waals surface area contributed by atoms with Crippen LogP contribution >= 0.6 is 23.1 Å². The van der Waals surface area contributed by atoms with E-state index in [4.69, 9.17) is 5.26 Å². The molecule has 0 aliphatic heterocycles. The van der Waals surface area contributed by atoms with Gasteiger partial charge in [-0.15, -0.1) is 11.3 Å². The van der Waals surface area contributed by atoms with E-state index in [1.165, 1.54) is 17.4 Å². The average molecular weight is 327 g/mol. The minimum absolute atomic E-state index is 0.0782. The quantitative estimate of drug-likeness (QED) is 0.404. The van der Waals surface area contributed by atoms with E-state index in [0.717, 1.165) is 20.1 Å². The van der Waals surface area contributed by atoms with Crippen molar-refractivity contribution in [2.45, 2.75) is 10.1 Å². The van der Waals surface area contributed by atoms with Crippen LogP contribution in [0.3, 0.4) is 0 Å². The summed E-state index contributed by atoms with van der Waals surface area (Å²) in [4.78, 5) is 14.8. The first-order chi connectivity index (χ1) is 10.7. The normalized spacial score (nSPS) is 10.5. The van der Waals surface area contributed by atoms with Crippen LogP contribution in [0, 0.1) is 21.4 Å². The topological polar surface area (TPSA) is 79.8 Å². The monoisotopic (exact) mass is 327 g/mol. The molecule has 0 unspecified atom stereocenters.